The summed E-state index contributed by atoms with van der Waals surface area (Å²) in [5, 5.41) is 16.3. The van der Waals surface area contributed by atoms with Gasteiger partial charge in [0.05, 0.1) is 5.69 Å². The van der Waals surface area contributed by atoms with Gasteiger partial charge < -0.3 is 5.32 Å². The van der Waals surface area contributed by atoms with E-state index in [1.165, 1.54) is 0 Å². The minimum absolute atomic E-state index is 0.178. The summed E-state index contributed by atoms with van der Waals surface area (Å²) in [6.45, 7) is 4.16. The van der Waals surface area contributed by atoms with Crippen LogP contribution in [0.4, 0.5) is 5.69 Å². The molecule has 0 aliphatic carbocycles. The number of nitrogens with zero attached hydrogens (tertiary/aromatic N) is 4. The van der Waals surface area contributed by atoms with Crippen molar-refractivity contribution in [3.63, 3.8) is 0 Å². The zero-order chi connectivity index (χ0) is 18.6. The van der Waals surface area contributed by atoms with E-state index in [1.807, 2.05) is 53.2 Å². The molecule has 0 spiro atoms. The number of tetrazole rings is 1. The molecule has 0 aliphatic heterocycles. The highest BCUT2D eigenvalue weighted by atomic mass is 15.5. The van der Waals surface area contributed by atoms with Crippen LogP contribution in [0.3, 0.4) is 0 Å². The van der Waals surface area contributed by atoms with Gasteiger partial charge in [0.25, 0.3) is 0 Å². The number of aromatic nitrogens is 4. The number of hydrogen-bond donors (Lipinski definition) is 1. The van der Waals surface area contributed by atoms with Crippen molar-refractivity contribution in [1.29, 1.82) is 0 Å². The lowest BCUT2D eigenvalue weighted by Crippen LogP contribution is -2.18. The standard InChI is InChI=1S/C22H21N5/c1-16-10-9-11-17(2)21(16)27-22(24-25-26-27)20(18-12-5-3-6-13-18)23-19-14-7-4-8-15-19/h3-15,20,23H,1-2H3. The molecule has 1 N–H and O–H groups in total. The summed E-state index contributed by atoms with van der Waals surface area (Å²) >= 11 is 0. The molecular formula is C22H21N5. The topological polar surface area (TPSA) is 55.6 Å². The molecule has 0 fully saturated rings. The fraction of sp³-hybridized carbons (Fsp3) is 0.136. The number of aryl methyl sites for hydroxylation is 2. The van der Waals surface area contributed by atoms with Crippen LogP contribution in [0.2, 0.25) is 0 Å². The van der Waals surface area contributed by atoms with Crippen LogP contribution in [-0.4, -0.2) is 20.2 Å². The highest BCUT2D eigenvalue weighted by molar-refractivity contribution is 5.50. The van der Waals surface area contributed by atoms with Gasteiger partial charge in [-0.15, -0.1) is 5.10 Å². The second-order valence-electron chi connectivity index (χ2n) is 6.54. The average Bonchev–Trinajstić information content (AvgIpc) is 3.16. The summed E-state index contributed by atoms with van der Waals surface area (Å²) in [6.07, 6.45) is 0. The lowest BCUT2D eigenvalue weighted by Gasteiger charge is -2.21. The highest BCUT2D eigenvalue weighted by Crippen LogP contribution is 2.28. The van der Waals surface area contributed by atoms with Crippen LogP contribution in [0.5, 0.6) is 0 Å². The van der Waals surface area contributed by atoms with Crippen LogP contribution < -0.4 is 5.32 Å². The molecule has 5 heteroatoms. The molecule has 1 heterocycles. The Hall–Kier alpha value is -3.47. The molecule has 4 rings (SSSR count). The molecular weight excluding hydrogens is 334 g/mol. The van der Waals surface area contributed by atoms with Gasteiger partial charge in [-0.05, 0) is 53.1 Å². The van der Waals surface area contributed by atoms with Gasteiger partial charge in [-0.3, -0.25) is 0 Å². The molecule has 4 aromatic rings. The predicted molar refractivity (Wildman–Crippen MR) is 107 cm³/mol. The number of rotatable bonds is 5. The van der Waals surface area contributed by atoms with Crippen molar-refractivity contribution in [2.24, 2.45) is 0 Å². The number of hydrogen-bond acceptors (Lipinski definition) is 4. The third kappa shape index (κ3) is 3.44. The second kappa shape index (κ2) is 7.41. The largest absolute Gasteiger partial charge is 0.371 e. The number of nitrogens with one attached hydrogen (secondary N) is 1. The number of benzene rings is 3. The van der Waals surface area contributed by atoms with Crippen molar-refractivity contribution in [3.05, 3.63) is 101 Å². The summed E-state index contributed by atoms with van der Waals surface area (Å²) in [7, 11) is 0. The fourth-order valence-electron chi connectivity index (χ4n) is 3.32. The van der Waals surface area contributed by atoms with E-state index in [2.05, 4.69) is 65.0 Å². The monoisotopic (exact) mass is 355 g/mol. The molecule has 1 atom stereocenters. The van der Waals surface area contributed by atoms with Crippen molar-refractivity contribution in [1.82, 2.24) is 20.2 Å². The summed E-state index contributed by atoms with van der Waals surface area (Å²) in [6, 6.07) is 26.4. The van der Waals surface area contributed by atoms with Crippen LogP contribution in [0, 0.1) is 13.8 Å². The van der Waals surface area contributed by atoms with Gasteiger partial charge >= 0.3 is 0 Å². The third-order valence-electron chi connectivity index (χ3n) is 4.62. The fourth-order valence-corrected chi connectivity index (χ4v) is 3.32. The molecule has 0 saturated carbocycles. The zero-order valence-corrected chi connectivity index (χ0v) is 15.4. The molecule has 5 nitrogen and oxygen atoms in total. The van der Waals surface area contributed by atoms with Crippen molar-refractivity contribution >= 4 is 5.69 Å². The molecule has 1 unspecified atom stereocenters. The van der Waals surface area contributed by atoms with E-state index in [-0.39, 0.29) is 6.04 Å². The number of para-hydroxylation sites is 2. The Morgan fingerprint density at radius 3 is 2.07 bits per heavy atom. The summed E-state index contributed by atoms with van der Waals surface area (Å²) in [5.41, 5.74) is 5.41. The van der Waals surface area contributed by atoms with Crippen molar-refractivity contribution in [3.8, 4) is 5.69 Å². The van der Waals surface area contributed by atoms with Gasteiger partial charge in [-0.2, -0.15) is 4.68 Å². The Kier molecular flexibility index (Phi) is 4.66. The van der Waals surface area contributed by atoms with Crippen LogP contribution in [0.25, 0.3) is 5.69 Å². The van der Waals surface area contributed by atoms with Crippen molar-refractivity contribution in [2.45, 2.75) is 19.9 Å². The lowest BCUT2D eigenvalue weighted by molar-refractivity contribution is 0.731. The van der Waals surface area contributed by atoms with E-state index in [4.69, 9.17) is 0 Å². The van der Waals surface area contributed by atoms with E-state index in [1.54, 1.807) is 0 Å². The Labute approximate surface area is 158 Å². The average molecular weight is 355 g/mol. The van der Waals surface area contributed by atoms with E-state index >= 15 is 0 Å². The molecule has 0 amide bonds. The van der Waals surface area contributed by atoms with Gasteiger partial charge in [-0.1, -0.05) is 66.7 Å². The first kappa shape index (κ1) is 17.0. The maximum atomic E-state index is 4.39. The predicted octanol–water partition coefficient (Wildman–Crippen LogP) is 4.48. The van der Waals surface area contributed by atoms with Crippen LogP contribution in [-0.2, 0) is 0 Å². The molecule has 3 aromatic carbocycles. The third-order valence-corrected chi connectivity index (χ3v) is 4.62. The Bertz CT molecular complexity index is 1000. The van der Waals surface area contributed by atoms with Gasteiger partial charge in [0.15, 0.2) is 5.82 Å². The van der Waals surface area contributed by atoms with Gasteiger partial charge in [0.2, 0.25) is 0 Å². The van der Waals surface area contributed by atoms with E-state index < -0.39 is 0 Å². The van der Waals surface area contributed by atoms with Gasteiger partial charge in [0.1, 0.15) is 6.04 Å². The minimum atomic E-state index is -0.178. The first-order valence-electron chi connectivity index (χ1n) is 8.95. The molecule has 0 aliphatic rings. The summed E-state index contributed by atoms with van der Waals surface area (Å²) < 4.78 is 1.85. The first-order chi connectivity index (χ1) is 13.2. The molecule has 1 aromatic heterocycles. The normalized spacial score (nSPS) is 11.9. The quantitative estimate of drug-likeness (QED) is 0.573. The molecule has 27 heavy (non-hydrogen) atoms. The Morgan fingerprint density at radius 1 is 0.778 bits per heavy atom. The van der Waals surface area contributed by atoms with Crippen LogP contribution in [0.1, 0.15) is 28.6 Å². The van der Waals surface area contributed by atoms with Gasteiger partial charge in [0, 0.05) is 5.69 Å². The van der Waals surface area contributed by atoms with E-state index in [9.17, 15) is 0 Å². The Balaban J connectivity index is 1.84. The van der Waals surface area contributed by atoms with Crippen molar-refractivity contribution < 1.29 is 0 Å². The maximum Gasteiger partial charge on any atom is 0.183 e. The lowest BCUT2D eigenvalue weighted by atomic mass is 10.0. The highest BCUT2D eigenvalue weighted by Gasteiger charge is 2.23. The first-order valence-corrected chi connectivity index (χ1v) is 8.95. The smallest absolute Gasteiger partial charge is 0.183 e. The Morgan fingerprint density at radius 2 is 1.41 bits per heavy atom. The van der Waals surface area contributed by atoms with Gasteiger partial charge in [-0.25, -0.2) is 0 Å². The summed E-state index contributed by atoms with van der Waals surface area (Å²) in [4.78, 5) is 0. The minimum Gasteiger partial charge on any atom is -0.371 e. The van der Waals surface area contributed by atoms with Crippen molar-refractivity contribution in [2.75, 3.05) is 5.32 Å². The zero-order valence-electron chi connectivity index (χ0n) is 15.4. The number of anilines is 1. The van der Waals surface area contributed by atoms with E-state index in [0.29, 0.717) is 0 Å². The summed E-state index contributed by atoms with van der Waals surface area (Å²) in [5.74, 6) is 0.752. The molecule has 0 saturated heterocycles. The molecule has 0 bridgehead atoms. The van der Waals surface area contributed by atoms with Crippen LogP contribution in [0.15, 0.2) is 78.9 Å². The maximum absolute atomic E-state index is 4.39. The van der Waals surface area contributed by atoms with Crippen LogP contribution >= 0.6 is 0 Å². The second-order valence-corrected chi connectivity index (χ2v) is 6.54. The molecule has 0 radical (unpaired) electrons. The molecule has 134 valence electrons. The SMILES string of the molecule is Cc1cccc(C)c1-n1nnnc1C(Nc1ccccc1)c1ccccc1. The van der Waals surface area contributed by atoms with E-state index in [0.717, 1.165) is 33.9 Å².